The quantitative estimate of drug-likeness (QED) is 0.816. The third-order valence-electron chi connectivity index (χ3n) is 3.54. The molecule has 22 heavy (non-hydrogen) atoms. The molecular formula is C18H22O4. The lowest BCUT2D eigenvalue weighted by Crippen LogP contribution is -2.00. The summed E-state index contributed by atoms with van der Waals surface area (Å²) < 4.78 is 21.7. The van der Waals surface area contributed by atoms with E-state index < -0.39 is 0 Å². The van der Waals surface area contributed by atoms with E-state index in [0.717, 1.165) is 39.7 Å². The summed E-state index contributed by atoms with van der Waals surface area (Å²) in [7, 11) is 6.63. The highest BCUT2D eigenvalue weighted by Gasteiger charge is 2.13. The van der Waals surface area contributed by atoms with Crippen molar-refractivity contribution >= 4 is 0 Å². The van der Waals surface area contributed by atoms with Gasteiger partial charge in [0.1, 0.15) is 23.0 Å². The molecule has 0 aliphatic heterocycles. The summed E-state index contributed by atoms with van der Waals surface area (Å²) in [6, 6.07) is 9.85. The topological polar surface area (TPSA) is 36.9 Å². The van der Waals surface area contributed by atoms with E-state index in [0.29, 0.717) is 6.42 Å². The third-order valence-corrected chi connectivity index (χ3v) is 3.54. The molecule has 4 nitrogen and oxygen atoms in total. The summed E-state index contributed by atoms with van der Waals surface area (Å²) in [5, 5.41) is 0. The Bertz CT molecular complexity index is 602. The molecule has 4 heteroatoms. The average Bonchev–Trinajstić information content (AvgIpc) is 2.55. The van der Waals surface area contributed by atoms with Crippen molar-refractivity contribution in [1.82, 2.24) is 0 Å². The van der Waals surface area contributed by atoms with Gasteiger partial charge >= 0.3 is 0 Å². The molecule has 0 unspecified atom stereocenters. The largest absolute Gasteiger partial charge is 0.497 e. The van der Waals surface area contributed by atoms with Gasteiger partial charge in [0, 0.05) is 18.1 Å². The van der Waals surface area contributed by atoms with E-state index in [-0.39, 0.29) is 0 Å². The minimum absolute atomic E-state index is 0.667. The first kappa shape index (κ1) is 16.0. The summed E-state index contributed by atoms with van der Waals surface area (Å²) in [6.45, 7) is 2.02. The number of methoxy groups -OCH3 is 4. The zero-order chi connectivity index (χ0) is 16.1. The highest BCUT2D eigenvalue weighted by molar-refractivity contribution is 5.51. The molecule has 2 aromatic carbocycles. The van der Waals surface area contributed by atoms with Gasteiger partial charge in [-0.2, -0.15) is 0 Å². The van der Waals surface area contributed by atoms with Crippen molar-refractivity contribution in [2.45, 2.75) is 13.3 Å². The van der Waals surface area contributed by atoms with Crippen LogP contribution in [0.15, 0.2) is 30.3 Å². The monoisotopic (exact) mass is 302 g/mol. The minimum atomic E-state index is 0.667. The Balaban J connectivity index is 2.46. The Labute approximate surface area is 131 Å². The highest BCUT2D eigenvalue weighted by Crippen LogP contribution is 2.34. The van der Waals surface area contributed by atoms with Gasteiger partial charge in [-0.05, 0) is 42.3 Å². The molecule has 2 aromatic rings. The molecule has 0 aromatic heterocycles. The number of benzene rings is 2. The predicted molar refractivity (Wildman–Crippen MR) is 86.6 cm³/mol. The fraction of sp³-hybridized carbons (Fsp3) is 0.333. The van der Waals surface area contributed by atoms with Crippen molar-refractivity contribution < 1.29 is 18.9 Å². The smallest absolute Gasteiger partial charge is 0.126 e. The number of hydrogen-bond donors (Lipinski definition) is 0. The van der Waals surface area contributed by atoms with Crippen LogP contribution in [0.2, 0.25) is 0 Å². The molecule has 0 N–H and O–H groups in total. The van der Waals surface area contributed by atoms with Crippen molar-refractivity contribution in [2.75, 3.05) is 28.4 Å². The Morgan fingerprint density at radius 1 is 0.682 bits per heavy atom. The molecule has 0 radical (unpaired) electrons. The zero-order valence-corrected chi connectivity index (χ0v) is 13.7. The summed E-state index contributed by atoms with van der Waals surface area (Å²) >= 11 is 0. The number of rotatable bonds is 6. The van der Waals surface area contributed by atoms with Crippen LogP contribution in [0, 0.1) is 6.92 Å². The van der Waals surface area contributed by atoms with E-state index in [1.54, 1.807) is 28.4 Å². The van der Waals surface area contributed by atoms with Gasteiger partial charge in [0.15, 0.2) is 0 Å². The van der Waals surface area contributed by atoms with E-state index in [1.165, 1.54) is 0 Å². The minimum Gasteiger partial charge on any atom is -0.497 e. The van der Waals surface area contributed by atoms with E-state index in [1.807, 2.05) is 37.3 Å². The highest BCUT2D eigenvalue weighted by atomic mass is 16.5. The van der Waals surface area contributed by atoms with Gasteiger partial charge in [0.25, 0.3) is 0 Å². The fourth-order valence-electron chi connectivity index (χ4n) is 2.46. The normalized spacial score (nSPS) is 10.2. The van der Waals surface area contributed by atoms with Crippen LogP contribution >= 0.6 is 0 Å². The van der Waals surface area contributed by atoms with Crippen molar-refractivity contribution in [3.8, 4) is 23.0 Å². The van der Waals surface area contributed by atoms with Crippen molar-refractivity contribution in [2.24, 2.45) is 0 Å². The second kappa shape index (κ2) is 7.07. The maximum Gasteiger partial charge on any atom is 0.126 e. The second-order valence-electron chi connectivity index (χ2n) is 5.05. The molecule has 0 aliphatic rings. The van der Waals surface area contributed by atoms with E-state index in [4.69, 9.17) is 18.9 Å². The molecule has 0 amide bonds. The Hall–Kier alpha value is -2.36. The molecule has 0 fully saturated rings. The first-order valence-electron chi connectivity index (χ1n) is 7.04. The SMILES string of the molecule is COc1cc(Cc2c(OC)cc(C)cc2OC)cc(OC)c1. The summed E-state index contributed by atoms with van der Waals surface area (Å²) in [5.41, 5.74) is 3.17. The van der Waals surface area contributed by atoms with Crippen LogP contribution in [0.25, 0.3) is 0 Å². The molecule has 0 heterocycles. The molecule has 0 bridgehead atoms. The Morgan fingerprint density at radius 2 is 1.18 bits per heavy atom. The van der Waals surface area contributed by atoms with Gasteiger partial charge in [-0.15, -0.1) is 0 Å². The summed E-state index contributed by atoms with van der Waals surface area (Å²) in [5.74, 6) is 3.16. The van der Waals surface area contributed by atoms with Gasteiger partial charge in [0.05, 0.1) is 28.4 Å². The summed E-state index contributed by atoms with van der Waals surface area (Å²) in [4.78, 5) is 0. The second-order valence-corrected chi connectivity index (χ2v) is 5.05. The lowest BCUT2D eigenvalue weighted by atomic mass is 10.0. The van der Waals surface area contributed by atoms with Crippen molar-refractivity contribution in [1.29, 1.82) is 0 Å². The maximum atomic E-state index is 5.51. The van der Waals surface area contributed by atoms with Gasteiger partial charge in [0.2, 0.25) is 0 Å². The van der Waals surface area contributed by atoms with E-state index >= 15 is 0 Å². The first-order chi connectivity index (χ1) is 10.6. The lowest BCUT2D eigenvalue weighted by Gasteiger charge is -2.15. The van der Waals surface area contributed by atoms with Gasteiger partial charge < -0.3 is 18.9 Å². The van der Waals surface area contributed by atoms with Crippen LogP contribution in [0.3, 0.4) is 0 Å². The molecule has 0 saturated carbocycles. The molecule has 0 aliphatic carbocycles. The van der Waals surface area contributed by atoms with E-state index in [2.05, 4.69) is 0 Å². The zero-order valence-electron chi connectivity index (χ0n) is 13.7. The van der Waals surface area contributed by atoms with Crippen molar-refractivity contribution in [3.05, 3.63) is 47.0 Å². The van der Waals surface area contributed by atoms with Crippen LogP contribution in [0.1, 0.15) is 16.7 Å². The first-order valence-corrected chi connectivity index (χ1v) is 7.04. The molecular weight excluding hydrogens is 280 g/mol. The number of ether oxygens (including phenoxy) is 4. The fourth-order valence-corrected chi connectivity index (χ4v) is 2.46. The van der Waals surface area contributed by atoms with Crippen molar-refractivity contribution in [3.63, 3.8) is 0 Å². The summed E-state index contributed by atoms with van der Waals surface area (Å²) in [6.07, 6.45) is 0.667. The van der Waals surface area contributed by atoms with E-state index in [9.17, 15) is 0 Å². The van der Waals surface area contributed by atoms with Gasteiger partial charge in [-0.3, -0.25) is 0 Å². The molecule has 118 valence electrons. The van der Waals surface area contributed by atoms with Gasteiger partial charge in [-0.25, -0.2) is 0 Å². The van der Waals surface area contributed by atoms with Crippen LogP contribution < -0.4 is 18.9 Å². The van der Waals surface area contributed by atoms with Crippen LogP contribution in [-0.4, -0.2) is 28.4 Å². The number of aryl methyl sites for hydroxylation is 1. The molecule has 0 saturated heterocycles. The Morgan fingerprint density at radius 3 is 1.59 bits per heavy atom. The molecule has 0 atom stereocenters. The van der Waals surface area contributed by atoms with Crippen LogP contribution in [0.4, 0.5) is 0 Å². The lowest BCUT2D eigenvalue weighted by molar-refractivity contribution is 0.385. The van der Waals surface area contributed by atoms with Crippen LogP contribution in [-0.2, 0) is 6.42 Å². The average molecular weight is 302 g/mol. The predicted octanol–water partition coefficient (Wildman–Crippen LogP) is 3.62. The standard InChI is InChI=1S/C18H22O4/c1-12-6-17(21-4)16(18(7-12)22-5)10-13-8-14(19-2)11-15(9-13)20-3/h6-9,11H,10H2,1-5H3. The maximum absolute atomic E-state index is 5.51. The van der Waals surface area contributed by atoms with Crippen LogP contribution in [0.5, 0.6) is 23.0 Å². The number of hydrogen-bond acceptors (Lipinski definition) is 4. The molecule has 2 rings (SSSR count). The van der Waals surface area contributed by atoms with Gasteiger partial charge in [-0.1, -0.05) is 0 Å². The molecule has 0 spiro atoms. The Kier molecular flexibility index (Phi) is 5.15. The third kappa shape index (κ3) is 3.45.